The Balaban J connectivity index is 1.22. The summed E-state index contributed by atoms with van der Waals surface area (Å²) in [6.45, 7) is 9.46. The molecule has 2 aliphatic heterocycles. The van der Waals surface area contributed by atoms with Gasteiger partial charge in [0.25, 0.3) is 5.91 Å². The molecule has 0 spiro atoms. The maximum atomic E-state index is 14.8. The van der Waals surface area contributed by atoms with Crippen molar-refractivity contribution in [2.75, 3.05) is 24.7 Å². The van der Waals surface area contributed by atoms with Gasteiger partial charge in [-0.1, -0.05) is 32.9 Å². The number of nitrogens with one attached hydrogen (secondary N) is 4. The van der Waals surface area contributed by atoms with E-state index >= 15 is 0 Å². The number of anilines is 1. The van der Waals surface area contributed by atoms with Crippen LogP contribution in [0, 0.1) is 11.3 Å². The monoisotopic (exact) mass is 879 g/mol. The quantitative estimate of drug-likeness (QED) is 0.172. The molecule has 2 saturated carbocycles. The first-order chi connectivity index (χ1) is 28.9. The number of carbonyl (C=O) groups excluding carboxylic acids is 4. The number of hydrogen-bond donors (Lipinski definition) is 4. The molecule has 16 nitrogen and oxygen atoms in total. The molecule has 0 bridgehead atoms. The number of carbonyl (C=O) groups is 4. The van der Waals surface area contributed by atoms with Gasteiger partial charge < -0.3 is 35.1 Å². The molecule has 4 N–H and O–H groups in total. The van der Waals surface area contributed by atoms with Crippen molar-refractivity contribution in [1.29, 1.82) is 0 Å². The molecule has 7 rings (SSSR count). The van der Waals surface area contributed by atoms with Crippen LogP contribution in [0.4, 0.5) is 9.93 Å². The average Bonchev–Trinajstić information content (AvgIpc) is 3.62. The lowest BCUT2D eigenvalue weighted by atomic mass is 9.85. The highest BCUT2D eigenvalue weighted by atomic mass is 32.2. The first-order valence-electron chi connectivity index (χ1n) is 21.1. The Morgan fingerprint density at radius 2 is 1.80 bits per heavy atom. The molecular formula is C43H57N7O9S2. The van der Waals surface area contributed by atoms with E-state index in [2.05, 4.69) is 20.7 Å². The maximum Gasteiger partial charge on any atom is 0.408 e. The normalized spacial score (nSPS) is 25.1. The molecule has 4 aliphatic rings. The third-order valence-electron chi connectivity index (χ3n) is 11.7. The van der Waals surface area contributed by atoms with E-state index in [-0.39, 0.29) is 37.3 Å². The van der Waals surface area contributed by atoms with Gasteiger partial charge in [0.05, 0.1) is 30.6 Å². The Bertz CT molecular complexity index is 2290. The second kappa shape index (κ2) is 17.8. The number of thiazole rings is 1. The number of fused-ring (bicyclic) bond motifs is 2. The number of sulfonamides is 1. The molecule has 3 fully saturated rings. The van der Waals surface area contributed by atoms with Crippen molar-refractivity contribution >= 4 is 61.2 Å². The number of methoxy groups -OCH3 is 1. The summed E-state index contributed by atoms with van der Waals surface area (Å²) in [5.74, 6) is -1.62. The molecule has 61 heavy (non-hydrogen) atoms. The molecule has 2 aromatic heterocycles. The number of amides is 4. The van der Waals surface area contributed by atoms with Crippen LogP contribution in [-0.4, -0.2) is 102 Å². The highest BCUT2D eigenvalue weighted by molar-refractivity contribution is 7.90. The van der Waals surface area contributed by atoms with Crippen molar-refractivity contribution in [3.63, 3.8) is 0 Å². The maximum absolute atomic E-state index is 14.8. The predicted molar refractivity (Wildman–Crippen MR) is 232 cm³/mol. The zero-order valence-electron chi connectivity index (χ0n) is 35.6. The Kier molecular flexibility index (Phi) is 12.9. The number of rotatable bonds is 11. The molecule has 4 amide bonds. The number of likely N-dealkylation sites (tertiary alicyclic amines) is 1. The Morgan fingerprint density at radius 1 is 1.03 bits per heavy atom. The van der Waals surface area contributed by atoms with Gasteiger partial charge in [0, 0.05) is 41.3 Å². The lowest BCUT2D eigenvalue weighted by Gasteiger charge is -2.35. The van der Waals surface area contributed by atoms with E-state index in [0.29, 0.717) is 53.1 Å². The summed E-state index contributed by atoms with van der Waals surface area (Å²) >= 11 is 1.45. The molecule has 330 valence electrons. The van der Waals surface area contributed by atoms with Gasteiger partial charge in [-0.05, 0) is 82.8 Å². The molecule has 18 heteroatoms. The van der Waals surface area contributed by atoms with E-state index in [1.54, 1.807) is 25.3 Å². The molecule has 3 aromatic rings. The summed E-state index contributed by atoms with van der Waals surface area (Å²) in [6.07, 6.45) is 7.34. The summed E-state index contributed by atoms with van der Waals surface area (Å²) in [6, 6.07) is 5.12. The van der Waals surface area contributed by atoms with Crippen LogP contribution in [-0.2, 0) is 29.1 Å². The van der Waals surface area contributed by atoms with E-state index in [1.165, 1.54) is 16.2 Å². The molecule has 1 aromatic carbocycles. The topological polar surface area (TPSA) is 207 Å². The van der Waals surface area contributed by atoms with Gasteiger partial charge in [0.1, 0.15) is 47.0 Å². The molecule has 2 aliphatic carbocycles. The van der Waals surface area contributed by atoms with Crippen LogP contribution in [0.25, 0.3) is 22.3 Å². The van der Waals surface area contributed by atoms with Gasteiger partial charge in [0.2, 0.25) is 21.8 Å². The Labute approximate surface area is 361 Å². The van der Waals surface area contributed by atoms with Crippen LogP contribution < -0.4 is 30.1 Å². The lowest BCUT2D eigenvalue weighted by molar-refractivity contribution is -0.143. The number of pyridine rings is 1. The molecule has 4 heterocycles. The van der Waals surface area contributed by atoms with E-state index in [1.807, 2.05) is 58.2 Å². The summed E-state index contributed by atoms with van der Waals surface area (Å²) in [5, 5.41) is 12.3. The number of benzene rings is 1. The number of nitrogens with zero attached hydrogens (tertiary/aromatic N) is 3. The zero-order valence-corrected chi connectivity index (χ0v) is 37.2. The fourth-order valence-corrected chi connectivity index (χ4v) is 10.3. The van der Waals surface area contributed by atoms with Gasteiger partial charge in [-0.2, -0.15) is 0 Å². The van der Waals surface area contributed by atoms with Crippen molar-refractivity contribution in [3.05, 3.63) is 41.8 Å². The third-order valence-corrected chi connectivity index (χ3v) is 13.8. The van der Waals surface area contributed by atoms with Gasteiger partial charge in [-0.15, -0.1) is 11.3 Å². The fourth-order valence-electron chi connectivity index (χ4n) is 8.30. The van der Waals surface area contributed by atoms with Crippen LogP contribution in [0.1, 0.15) is 92.4 Å². The first kappa shape index (κ1) is 44.1. The van der Waals surface area contributed by atoms with Crippen LogP contribution >= 0.6 is 11.3 Å². The average molecular weight is 880 g/mol. The largest absolute Gasteiger partial charge is 0.497 e. The number of ether oxygens (including phenoxy) is 3. The van der Waals surface area contributed by atoms with Crippen molar-refractivity contribution in [1.82, 2.24) is 30.2 Å². The molecule has 5 atom stereocenters. The second-order valence-corrected chi connectivity index (χ2v) is 20.6. The summed E-state index contributed by atoms with van der Waals surface area (Å²) in [7, 11) is -2.38. The zero-order chi connectivity index (χ0) is 43.7. The van der Waals surface area contributed by atoms with Crippen molar-refractivity contribution in [3.8, 4) is 22.9 Å². The third kappa shape index (κ3) is 10.2. The summed E-state index contributed by atoms with van der Waals surface area (Å²) in [4.78, 5) is 67.6. The van der Waals surface area contributed by atoms with Crippen LogP contribution in [0.5, 0.6) is 11.5 Å². The highest BCUT2D eigenvalue weighted by Crippen LogP contribution is 2.46. The van der Waals surface area contributed by atoms with E-state index in [0.717, 1.165) is 30.8 Å². The minimum absolute atomic E-state index is 0.0198. The van der Waals surface area contributed by atoms with Crippen molar-refractivity contribution in [2.24, 2.45) is 11.3 Å². The lowest BCUT2D eigenvalue weighted by Crippen LogP contribution is -2.60. The first-order valence-corrected chi connectivity index (χ1v) is 23.7. The van der Waals surface area contributed by atoms with Gasteiger partial charge in [-0.3, -0.25) is 19.1 Å². The number of alkyl carbamates (subject to hydrolysis) is 1. The van der Waals surface area contributed by atoms with Crippen LogP contribution in [0.15, 0.2) is 41.8 Å². The predicted octanol–water partition coefficient (Wildman–Crippen LogP) is 5.68. The Morgan fingerprint density at radius 3 is 2.52 bits per heavy atom. The van der Waals surface area contributed by atoms with Crippen LogP contribution in [0.3, 0.4) is 0 Å². The van der Waals surface area contributed by atoms with E-state index < -0.39 is 68.9 Å². The minimum Gasteiger partial charge on any atom is -0.497 e. The number of aromatic nitrogens is 2. The number of allylic oxidation sites excluding steroid dienone is 1. The Hall–Kier alpha value is -4.97. The SMILES string of the molecule is COc1ccc2c(O[C@@H]3CC(C(=O)N[C@]45CC4/C=C\CCCCS(=O)(=O)NC5=O)N(C(=O)[C@@H](NC(=O)OC4CCCC4)C(C)(C)C)C3)cc(-c3csc(NC(C)C)n3)nc2c1. The van der Waals surface area contributed by atoms with Crippen molar-refractivity contribution < 1.29 is 41.8 Å². The summed E-state index contributed by atoms with van der Waals surface area (Å²) in [5.41, 5.74) is -0.595. The van der Waals surface area contributed by atoms with Gasteiger partial charge >= 0.3 is 6.09 Å². The second-order valence-electron chi connectivity index (χ2n) is 17.9. The molecule has 2 unspecified atom stereocenters. The standard InChI is InChI=1S/C43H57N7O9S2/c1-25(2)44-40-46-33(24-60-40)32-21-35(30-17-16-28(57-6)19-31(30)45-32)58-29-20-34(37(51)48-43-22-26(43)13-9-7-8-12-18-61(55,56)49-39(43)53)50(23-29)38(52)36(42(3,4)5)47-41(54)59-27-14-10-11-15-27/h9,13,16-17,19,21,24-27,29,34,36H,7-8,10-12,14-15,18,20,22-23H2,1-6H3,(H,44,46)(H,47,54)(H,48,51)(H,49,53)/b13-9-/t26?,29-,34?,36-,43-/m1/s1. The molecule has 0 radical (unpaired) electrons. The minimum atomic E-state index is -3.95. The van der Waals surface area contributed by atoms with Crippen molar-refractivity contribution in [2.45, 2.75) is 128 Å². The fraction of sp³-hybridized carbons (Fsp3) is 0.581. The molecular weight excluding hydrogens is 823 g/mol. The van der Waals surface area contributed by atoms with E-state index in [4.69, 9.17) is 24.2 Å². The van der Waals surface area contributed by atoms with E-state index in [9.17, 15) is 27.6 Å². The van der Waals surface area contributed by atoms with Gasteiger partial charge in [-0.25, -0.2) is 23.2 Å². The number of hydrogen-bond acceptors (Lipinski definition) is 13. The summed E-state index contributed by atoms with van der Waals surface area (Å²) < 4.78 is 45.9. The molecule has 1 saturated heterocycles. The van der Waals surface area contributed by atoms with Gasteiger partial charge in [0.15, 0.2) is 5.13 Å². The smallest absolute Gasteiger partial charge is 0.408 e. The van der Waals surface area contributed by atoms with Crippen LogP contribution in [0.2, 0.25) is 0 Å². The highest BCUT2D eigenvalue weighted by Gasteiger charge is 2.61.